The maximum Gasteiger partial charge on any atom is 0.142 e. The molecule has 4 atom stereocenters. The van der Waals surface area contributed by atoms with Crippen molar-refractivity contribution in [3.05, 3.63) is 52.4 Å². The van der Waals surface area contributed by atoms with Crippen molar-refractivity contribution >= 4 is 11.6 Å². The molecule has 4 rings (SSSR count). The number of halogens is 1. The number of nitrogens with zero attached hydrogens (tertiary/aromatic N) is 2. The van der Waals surface area contributed by atoms with E-state index in [0.717, 1.165) is 16.5 Å². The molecule has 0 radical (unpaired) electrons. The summed E-state index contributed by atoms with van der Waals surface area (Å²) in [7, 11) is 2.27. The zero-order valence-electron chi connectivity index (χ0n) is 15.5. The van der Waals surface area contributed by atoms with Gasteiger partial charge in [0.15, 0.2) is 0 Å². The molecule has 1 aromatic carbocycles. The van der Waals surface area contributed by atoms with Crippen molar-refractivity contribution < 1.29 is 4.52 Å². The van der Waals surface area contributed by atoms with E-state index in [-0.39, 0.29) is 5.41 Å². The third kappa shape index (κ3) is 3.02. The molecule has 0 spiro atoms. The van der Waals surface area contributed by atoms with Gasteiger partial charge in [-0.05, 0) is 49.9 Å². The highest BCUT2D eigenvalue weighted by molar-refractivity contribution is 6.30. The van der Waals surface area contributed by atoms with E-state index in [9.17, 15) is 0 Å². The SMILES string of the molecule is CN1C2CCC1C(c1cc(C(C)(C)C)no1)[C@@H](c1ccc(Cl)cc1)C2. The molecular formula is C21H27ClN2O. The Balaban J connectivity index is 1.74. The van der Waals surface area contributed by atoms with Crippen LogP contribution in [0.15, 0.2) is 34.9 Å². The van der Waals surface area contributed by atoms with Crippen molar-refractivity contribution in [2.24, 2.45) is 0 Å². The van der Waals surface area contributed by atoms with Crippen LogP contribution < -0.4 is 0 Å². The van der Waals surface area contributed by atoms with Gasteiger partial charge < -0.3 is 4.52 Å². The Hall–Kier alpha value is -1.32. The normalized spacial score (nSPS) is 30.0. The topological polar surface area (TPSA) is 29.3 Å². The van der Waals surface area contributed by atoms with Gasteiger partial charge in [-0.15, -0.1) is 0 Å². The Morgan fingerprint density at radius 3 is 2.52 bits per heavy atom. The number of hydrogen-bond acceptors (Lipinski definition) is 3. The molecule has 0 amide bonds. The Morgan fingerprint density at radius 1 is 1.16 bits per heavy atom. The smallest absolute Gasteiger partial charge is 0.142 e. The molecule has 3 nitrogen and oxygen atoms in total. The summed E-state index contributed by atoms with van der Waals surface area (Å²) >= 11 is 6.11. The minimum Gasteiger partial charge on any atom is -0.361 e. The van der Waals surface area contributed by atoms with Crippen LogP contribution in [-0.2, 0) is 5.41 Å². The number of fused-ring (bicyclic) bond motifs is 2. The van der Waals surface area contributed by atoms with Crippen LogP contribution >= 0.6 is 11.6 Å². The van der Waals surface area contributed by atoms with E-state index >= 15 is 0 Å². The predicted octanol–water partition coefficient (Wildman–Crippen LogP) is 5.36. The van der Waals surface area contributed by atoms with Crippen LogP contribution in [0.1, 0.15) is 68.9 Å². The van der Waals surface area contributed by atoms with E-state index in [1.807, 2.05) is 12.1 Å². The van der Waals surface area contributed by atoms with Crippen molar-refractivity contribution in [3.63, 3.8) is 0 Å². The average Bonchev–Trinajstić information content (AvgIpc) is 3.12. The van der Waals surface area contributed by atoms with Crippen molar-refractivity contribution in [1.29, 1.82) is 0 Å². The first-order valence-electron chi connectivity index (χ1n) is 9.29. The minimum absolute atomic E-state index is 0.0102. The van der Waals surface area contributed by atoms with Gasteiger partial charge in [-0.3, -0.25) is 4.90 Å². The number of piperidine rings is 1. The van der Waals surface area contributed by atoms with Gasteiger partial charge >= 0.3 is 0 Å². The monoisotopic (exact) mass is 358 g/mol. The molecule has 2 aliphatic rings. The van der Waals surface area contributed by atoms with Crippen LogP contribution in [0.4, 0.5) is 0 Å². The fraction of sp³-hybridized carbons (Fsp3) is 0.571. The zero-order chi connectivity index (χ0) is 17.8. The van der Waals surface area contributed by atoms with E-state index in [1.54, 1.807) is 0 Å². The van der Waals surface area contributed by atoms with Gasteiger partial charge in [-0.2, -0.15) is 0 Å². The number of aromatic nitrogens is 1. The van der Waals surface area contributed by atoms with E-state index in [1.165, 1.54) is 24.8 Å². The molecule has 134 valence electrons. The number of rotatable bonds is 2. The maximum absolute atomic E-state index is 6.11. The highest BCUT2D eigenvalue weighted by atomic mass is 35.5. The van der Waals surface area contributed by atoms with Crippen LogP contribution in [0.3, 0.4) is 0 Å². The first-order chi connectivity index (χ1) is 11.8. The predicted molar refractivity (Wildman–Crippen MR) is 101 cm³/mol. The molecule has 2 aromatic rings. The summed E-state index contributed by atoms with van der Waals surface area (Å²) in [5.41, 5.74) is 2.42. The number of benzene rings is 1. The van der Waals surface area contributed by atoms with Gasteiger partial charge in [0.25, 0.3) is 0 Å². The Morgan fingerprint density at radius 2 is 1.88 bits per heavy atom. The van der Waals surface area contributed by atoms with Crippen LogP contribution in [0.25, 0.3) is 0 Å². The zero-order valence-corrected chi connectivity index (χ0v) is 16.3. The molecule has 1 aromatic heterocycles. The van der Waals surface area contributed by atoms with Crippen LogP contribution in [0, 0.1) is 0 Å². The Kier molecular flexibility index (Phi) is 4.20. The first kappa shape index (κ1) is 17.1. The average molecular weight is 359 g/mol. The maximum atomic E-state index is 6.11. The third-order valence-electron chi connectivity index (χ3n) is 6.19. The molecular weight excluding hydrogens is 332 g/mol. The Bertz CT molecular complexity index is 746. The molecule has 0 N–H and O–H groups in total. The summed E-state index contributed by atoms with van der Waals surface area (Å²) in [6.07, 6.45) is 3.69. The molecule has 25 heavy (non-hydrogen) atoms. The lowest BCUT2D eigenvalue weighted by atomic mass is 9.74. The quantitative estimate of drug-likeness (QED) is 0.723. The van der Waals surface area contributed by atoms with Gasteiger partial charge in [0.1, 0.15) is 5.76 Å². The van der Waals surface area contributed by atoms with Crippen LogP contribution in [0.5, 0.6) is 0 Å². The van der Waals surface area contributed by atoms with E-state index < -0.39 is 0 Å². The summed E-state index contributed by atoms with van der Waals surface area (Å²) in [5.74, 6) is 1.86. The lowest BCUT2D eigenvalue weighted by Crippen LogP contribution is -2.44. The van der Waals surface area contributed by atoms with Crippen LogP contribution in [0.2, 0.25) is 5.02 Å². The van der Waals surface area contributed by atoms with Crippen molar-refractivity contribution in [1.82, 2.24) is 10.1 Å². The molecule has 2 fully saturated rings. The van der Waals surface area contributed by atoms with E-state index in [2.05, 4.69) is 56.1 Å². The van der Waals surface area contributed by atoms with Gasteiger partial charge in [0, 0.05) is 34.5 Å². The number of likely N-dealkylation sites (N-methyl/N-ethyl adjacent to an activating group) is 1. The molecule has 3 unspecified atom stereocenters. The third-order valence-corrected chi connectivity index (χ3v) is 6.44. The Labute approximate surface area is 155 Å². The summed E-state index contributed by atoms with van der Waals surface area (Å²) < 4.78 is 5.90. The molecule has 0 aliphatic carbocycles. The minimum atomic E-state index is 0.0102. The second kappa shape index (κ2) is 6.14. The summed E-state index contributed by atoms with van der Waals surface area (Å²) in [6, 6.07) is 11.8. The van der Waals surface area contributed by atoms with Gasteiger partial charge in [0.05, 0.1) is 5.69 Å². The fourth-order valence-electron chi connectivity index (χ4n) is 4.71. The van der Waals surface area contributed by atoms with Gasteiger partial charge in [-0.1, -0.05) is 49.7 Å². The highest BCUT2D eigenvalue weighted by Crippen LogP contribution is 2.51. The molecule has 2 saturated heterocycles. The van der Waals surface area contributed by atoms with E-state index in [0.29, 0.717) is 23.9 Å². The van der Waals surface area contributed by atoms with Crippen molar-refractivity contribution in [2.75, 3.05) is 7.05 Å². The summed E-state index contributed by atoms with van der Waals surface area (Å²) in [6.45, 7) is 6.55. The van der Waals surface area contributed by atoms with Crippen molar-refractivity contribution in [2.45, 2.75) is 69.4 Å². The number of hydrogen-bond donors (Lipinski definition) is 0. The molecule has 3 heterocycles. The molecule has 4 heteroatoms. The standard InChI is InChI=1S/C21H27ClN2O/c1-21(2,3)19-12-18(25-23-19)20-16(13-5-7-14(22)8-6-13)11-15-9-10-17(20)24(15)4/h5-8,12,15-17,20H,9-11H2,1-4H3/t15?,16-,17?,20?/m1/s1. The molecule has 2 aliphatic heterocycles. The van der Waals surface area contributed by atoms with Gasteiger partial charge in [-0.25, -0.2) is 0 Å². The van der Waals surface area contributed by atoms with Crippen LogP contribution in [-0.4, -0.2) is 29.2 Å². The van der Waals surface area contributed by atoms with Gasteiger partial charge in [0.2, 0.25) is 0 Å². The molecule has 2 bridgehead atoms. The fourth-order valence-corrected chi connectivity index (χ4v) is 4.83. The summed E-state index contributed by atoms with van der Waals surface area (Å²) in [5, 5.41) is 5.19. The second-order valence-electron chi connectivity index (χ2n) is 8.75. The lowest BCUT2D eigenvalue weighted by Gasteiger charge is -2.42. The summed E-state index contributed by atoms with van der Waals surface area (Å²) in [4.78, 5) is 2.57. The lowest BCUT2D eigenvalue weighted by molar-refractivity contribution is 0.122. The highest BCUT2D eigenvalue weighted by Gasteiger charge is 2.48. The second-order valence-corrected chi connectivity index (χ2v) is 9.18. The largest absolute Gasteiger partial charge is 0.361 e. The molecule has 0 saturated carbocycles. The first-order valence-corrected chi connectivity index (χ1v) is 9.67. The van der Waals surface area contributed by atoms with E-state index in [4.69, 9.17) is 16.1 Å². The van der Waals surface area contributed by atoms with Crippen molar-refractivity contribution in [3.8, 4) is 0 Å².